The second-order valence-electron chi connectivity index (χ2n) is 9.89. The van der Waals surface area contributed by atoms with Crippen LogP contribution in [0.3, 0.4) is 0 Å². The van der Waals surface area contributed by atoms with Crippen molar-refractivity contribution in [1.82, 2.24) is 0 Å². The number of hydrogen-bond acceptors (Lipinski definition) is 3. The minimum atomic E-state index is -1.77. The van der Waals surface area contributed by atoms with Crippen LogP contribution in [0.1, 0.15) is 94.9 Å². The first-order valence-corrected chi connectivity index (χ1v) is 13.8. The highest BCUT2D eigenvalue weighted by atomic mass is 28.4. The van der Waals surface area contributed by atoms with E-state index in [1.54, 1.807) is 20.8 Å². The zero-order chi connectivity index (χ0) is 23.2. The van der Waals surface area contributed by atoms with Gasteiger partial charge < -0.3 is 4.43 Å². The molecule has 3 nitrogen and oxygen atoms in total. The van der Waals surface area contributed by atoms with Crippen LogP contribution in [0.5, 0.6) is 0 Å². The van der Waals surface area contributed by atoms with Crippen molar-refractivity contribution in [2.75, 3.05) is 6.61 Å². The number of allylic oxidation sites excluding steroid dienone is 6. The van der Waals surface area contributed by atoms with Gasteiger partial charge in [-0.25, -0.2) is 0 Å². The average Bonchev–Trinajstić information content (AvgIpc) is 2.66. The number of carbonyl (C=O) groups excluding carboxylic acids is 2. The molecule has 0 N–H and O–H groups in total. The minimum absolute atomic E-state index is 0.0124. The van der Waals surface area contributed by atoms with E-state index in [1.807, 2.05) is 0 Å². The van der Waals surface area contributed by atoms with Crippen LogP contribution < -0.4 is 0 Å². The topological polar surface area (TPSA) is 43.4 Å². The summed E-state index contributed by atoms with van der Waals surface area (Å²) in [6.45, 7) is 22.2. The Bertz CT molecular complexity index is 714. The molecule has 0 radical (unpaired) electrons. The van der Waals surface area contributed by atoms with E-state index >= 15 is 0 Å². The lowest BCUT2D eigenvalue weighted by molar-refractivity contribution is -0.116. The van der Waals surface area contributed by atoms with Crippen molar-refractivity contribution in [3.05, 3.63) is 33.9 Å². The van der Waals surface area contributed by atoms with E-state index in [-0.39, 0.29) is 11.6 Å². The van der Waals surface area contributed by atoms with Crippen LogP contribution in [0.2, 0.25) is 16.6 Å². The first-order chi connectivity index (χ1) is 13.9. The number of rotatable bonds is 11. The molecule has 0 bridgehead atoms. The van der Waals surface area contributed by atoms with Crippen molar-refractivity contribution < 1.29 is 14.0 Å². The van der Waals surface area contributed by atoms with Crippen LogP contribution in [0.25, 0.3) is 0 Å². The number of Topliss-reactive ketones (excluding diaryl/α,β-unsaturated/α-hetero) is 2. The smallest absolute Gasteiger partial charge is 0.200 e. The van der Waals surface area contributed by atoms with E-state index in [9.17, 15) is 9.59 Å². The lowest BCUT2D eigenvalue weighted by atomic mass is 9.84. The highest BCUT2D eigenvalue weighted by Gasteiger charge is 2.44. The van der Waals surface area contributed by atoms with Gasteiger partial charge in [-0.3, -0.25) is 9.59 Å². The van der Waals surface area contributed by atoms with Gasteiger partial charge in [0.05, 0.1) is 0 Å². The van der Waals surface area contributed by atoms with E-state index in [4.69, 9.17) is 4.43 Å². The zero-order valence-electron chi connectivity index (χ0n) is 21.1. The first-order valence-electron chi connectivity index (χ1n) is 11.6. The Balaban J connectivity index is 2.60. The van der Waals surface area contributed by atoms with Gasteiger partial charge in [0.1, 0.15) is 0 Å². The molecule has 0 aromatic rings. The molecule has 0 aliphatic heterocycles. The molecule has 0 fully saturated rings. The van der Waals surface area contributed by atoms with Gasteiger partial charge in [0.2, 0.25) is 0 Å². The van der Waals surface area contributed by atoms with Crippen LogP contribution >= 0.6 is 0 Å². The fourth-order valence-corrected chi connectivity index (χ4v) is 10.5. The molecule has 0 saturated carbocycles. The number of hydrogen-bond donors (Lipinski definition) is 0. The van der Waals surface area contributed by atoms with Crippen LogP contribution in [0.15, 0.2) is 33.9 Å². The Kier molecular flexibility index (Phi) is 10.2. The van der Waals surface area contributed by atoms with Gasteiger partial charge >= 0.3 is 0 Å². The molecule has 1 rings (SSSR count). The molecular formula is C26H44O3Si. The average molecular weight is 433 g/mol. The van der Waals surface area contributed by atoms with Gasteiger partial charge in [0.15, 0.2) is 19.9 Å². The van der Waals surface area contributed by atoms with Gasteiger partial charge in [0.25, 0.3) is 0 Å². The van der Waals surface area contributed by atoms with Gasteiger partial charge in [-0.1, -0.05) is 53.2 Å². The summed E-state index contributed by atoms with van der Waals surface area (Å²) in [7, 11) is -1.77. The third-order valence-electron chi connectivity index (χ3n) is 6.99. The summed E-state index contributed by atoms with van der Waals surface area (Å²) in [6.07, 6.45) is 5.82. The fourth-order valence-electron chi connectivity index (χ4n) is 5.03. The molecule has 1 aliphatic carbocycles. The van der Waals surface area contributed by atoms with Gasteiger partial charge in [-0.2, -0.15) is 0 Å². The normalized spacial score (nSPS) is 16.8. The van der Waals surface area contributed by atoms with E-state index in [2.05, 4.69) is 54.5 Å². The Labute approximate surface area is 186 Å². The van der Waals surface area contributed by atoms with Gasteiger partial charge in [0, 0.05) is 28.9 Å². The molecular weight excluding hydrogens is 388 g/mol. The summed E-state index contributed by atoms with van der Waals surface area (Å²) in [5, 5.41) is 0. The highest BCUT2D eigenvalue weighted by molar-refractivity contribution is 6.77. The minimum Gasteiger partial charge on any atom is -0.416 e. The number of carbonyl (C=O) groups is 2. The summed E-state index contributed by atoms with van der Waals surface area (Å²) in [4.78, 5) is 24.9. The van der Waals surface area contributed by atoms with Crippen molar-refractivity contribution in [3.8, 4) is 0 Å². The lowest BCUT2D eigenvalue weighted by Gasteiger charge is -2.42. The number of unbranched alkanes of at least 4 members (excludes halogenated alkanes) is 1. The second-order valence-corrected chi connectivity index (χ2v) is 15.3. The van der Waals surface area contributed by atoms with Crippen LogP contribution in [0, 0.1) is 0 Å². The first kappa shape index (κ1) is 26.8. The molecule has 30 heavy (non-hydrogen) atoms. The van der Waals surface area contributed by atoms with Crippen LogP contribution in [-0.2, 0) is 14.0 Å². The monoisotopic (exact) mass is 432 g/mol. The molecule has 0 aromatic carbocycles. The molecule has 0 aromatic heterocycles. The Morgan fingerprint density at radius 2 is 1.33 bits per heavy atom. The molecule has 0 saturated heterocycles. The second kappa shape index (κ2) is 11.4. The maximum absolute atomic E-state index is 12.6. The summed E-state index contributed by atoms with van der Waals surface area (Å²) in [5.74, 6) is 0.0396. The summed E-state index contributed by atoms with van der Waals surface area (Å²) < 4.78 is 6.64. The maximum Gasteiger partial charge on any atom is 0.200 e. The van der Waals surface area contributed by atoms with Crippen molar-refractivity contribution in [3.63, 3.8) is 0 Å². The molecule has 0 amide bonds. The largest absolute Gasteiger partial charge is 0.416 e. The molecule has 0 spiro atoms. The van der Waals surface area contributed by atoms with E-state index in [0.29, 0.717) is 45.3 Å². The standard InChI is InChI=1S/C26H44O3Si/c1-17(2)30(18(3)4,19(5)6)29-16-12-11-13-20(7)14-15-24-23(10)25(27)21(8)22(9)26(24)28/h14,17-19H,11-13,15-16H2,1-10H3/b20-14+. The van der Waals surface area contributed by atoms with E-state index in [0.717, 1.165) is 25.9 Å². The van der Waals surface area contributed by atoms with Crippen LogP contribution in [-0.4, -0.2) is 26.5 Å². The fraction of sp³-hybridized carbons (Fsp3) is 0.692. The van der Waals surface area contributed by atoms with E-state index < -0.39 is 8.32 Å². The highest BCUT2D eigenvalue weighted by Crippen LogP contribution is 2.42. The summed E-state index contributed by atoms with van der Waals surface area (Å²) in [5.41, 5.74) is 5.58. The summed E-state index contributed by atoms with van der Waals surface area (Å²) >= 11 is 0. The third kappa shape index (κ3) is 5.91. The quantitative estimate of drug-likeness (QED) is 0.147. The predicted octanol–water partition coefficient (Wildman–Crippen LogP) is 7.49. The summed E-state index contributed by atoms with van der Waals surface area (Å²) in [6, 6.07) is 0. The molecule has 170 valence electrons. The van der Waals surface area contributed by atoms with Gasteiger partial charge in [-0.05, 0) is 70.0 Å². The Morgan fingerprint density at radius 1 is 0.833 bits per heavy atom. The Morgan fingerprint density at radius 3 is 1.83 bits per heavy atom. The zero-order valence-corrected chi connectivity index (χ0v) is 22.1. The van der Waals surface area contributed by atoms with Crippen molar-refractivity contribution in [2.45, 2.75) is 112 Å². The molecule has 1 aliphatic rings. The lowest BCUT2D eigenvalue weighted by Crippen LogP contribution is -2.47. The Hall–Kier alpha value is -1.26. The third-order valence-corrected chi connectivity index (χ3v) is 13.1. The van der Waals surface area contributed by atoms with Crippen molar-refractivity contribution in [1.29, 1.82) is 0 Å². The molecule has 0 heterocycles. The molecule has 4 heteroatoms. The molecule has 0 atom stereocenters. The SMILES string of the molecule is CC1=C(C)C(=O)C(C/C=C(\C)CCCCO[Si](C(C)C)(C(C)C)C(C)C)=C(C)C1=O. The van der Waals surface area contributed by atoms with Crippen LogP contribution in [0.4, 0.5) is 0 Å². The van der Waals surface area contributed by atoms with Crippen molar-refractivity contribution in [2.24, 2.45) is 0 Å². The number of ketones is 2. The maximum atomic E-state index is 12.6. The van der Waals surface area contributed by atoms with E-state index in [1.165, 1.54) is 5.57 Å². The molecule has 0 unspecified atom stereocenters. The van der Waals surface area contributed by atoms with Gasteiger partial charge in [-0.15, -0.1) is 0 Å². The predicted molar refractivity (Wildman–Crippen MR) is 130 cm³/mol. The van der Waals surface area contributed by atoms with Crippen molar-refractivity contribution >= 4 is 19.9 Å².